The average molecular weight is 531 g/mol. The number of fused-ring (bicyclic) bond motifs is 1. The Hall–Kier alpha value is -4.07. The molecule has 0 spiro atoms. The van der Waals surface area contributed by atoms with Crippen molar-refractivity contribution < 1.29 is 19.1 Å². The third-order valence-electron chi connectivity index (χ3n) is 5.78. The third-order valence-corrected chi connectivity index (χ3v) is 5.78. The van der Waals surface area contributed by atoms with Gasteiger partial charge in [-0.2, -0.15) is 0 Å². The van der Waals surface area contributed by atoms with Crippen LogP contribution in [0.1, 0.15) is 69.6 Å². The fraction of sp³-hybridized carbons (Fsp3) is 0.387. The summed E-state index contributed by atoms with van der Waals surface area (Å²) < 4.78 is 5.46. The standard InChI is InChI=1S/C26H28N4O3.C5H10O/c1-26(2,3)33-25(32)30-13-11-17(12-14-30)23-16-28-21-10-7-19(15-22(21)29-23)24(31)18-5-8-20(27-4)9-6-18;1-5(2,3)4-6/h5-11,15-16,27H,12-14H2,1-4H3;4H,1-3H3. The van der Waals surface area contributed by atoms with E-state index in [0.29, 0.717) is 36.2 Å². The Morgan fingerprint density at radius 1 is 0.974 bits per heavy atom. The zero-order valence-electron chi connectivity index (χ0n) is 23.9. The lowest BCUT2D eigenvalue weighted by molar-refractivity contribution is -0.113. The molecule has 39 heavy (non-hydrogen) atoms. The van der Waals surface area contributed by atoms with E-state index in [1.165, 1.54) is 0 Å². The Labute approximate surface area is 230 Å². The normalized spacial score (nSPS) is 13.6. The number of hydrogen-bond donors (Lipinski definition) is 1. The molecule has 0 atom stereocenters. The van der Waals surface area contributed by atoms with Gasteiger partial charge in [-0.05, 0) is 75.2 Å². The molecule has 1 N–H and O–H groups in total. The van der Waals surface area contributed by atoms with Crippen LogP contribution >= 0.6 is 0 Å². The summed E-state index contributed by atoms with van der Waals surface area (Å²) in [5, 5.41) is 3.05. The molecular formula is C31H38N4O4. The van der Waals surface area contributed by atoms with E-state index < -0.39 is 5.60 Å². The van der Waals surface area contributed by atoms with Gasteiger partial charge in [0.05, 0.1) is 22.9 Å². The predicted molar refractivity (Wildman–Crippen MR) is 155 cm³/mol. The van der Waals surface area contributed by atoms with Gasteiger partial charge in [0.2, 0.25) is 0 Å². The van der Waals surface area contributed by atoms with Gasteiger partial charge in [0.25, 0.3) is 0 Å². The van der Waals surface area contributed by atoms with Gasteiger partial charge in [-0.25, -0.2) is 9.78 Å². The highest BCUT2D eigenvalue weighted by Gasteiger charge is 2.24. The molecular weight excluding hydrogens is 492 g/mol. The Kier molecular flexibility index (Phi) is 9.22. The molecule has 0 saturated heterocycles. The molecule has 2 heterocycles. The van der Waals surface area contributed by atoms with Crippen molar-refractivity contribution in [3.8, 4) is 0 Å². The summed E-state index contributed by atoms with van der Waals surface area (Å²) in [6.45, 7) is 12.2. The molecule has 4 rings (SSSR count). The molecule has 1 aliphatic heterocycles. The van der Waals surface area contributed by atoms with Crippen molar-refractivity contribution in [1.29, 1.82) is 0 Å². The molecule has 1 amide bonds. The van der Waals surface area contributed by atoms with Gasteiger partial charge in [-0.1, -0.05) is 26.8 Å². The average Bonchev–Trinajstić information content (AvgIpc) is 2.91. The lowest BCUT2D eigenvalue weighted by Crippen LogP contribution is -2.39. The minimum Gasteiger partial charge on any atom is -0.444 e. The van der Waals surface area contributed by atoms with Gasteiger partial charge in [0, 0.05) is 42.4 Å². The Bertz CT molecular complexity index is 1370. The molecule has 1 aliphatic rings. The van der Waals surface area contributed by atoms with Gasteiger partial charge in [-0.15, -0.1) is 0 Å². The minimum absolute atomic E-state index is 0.0587. The minimum atomic E-state index is -0.519. The molecule has 2 aromatic carbocycles. The lowest BCUT2D eigenvalue weighted by Gasteiger charge is -2.29. The number of amides is 1. The second-order valence-electron chi connectivity index (χ2n) is 11.5. The van der Waals surface area contributed by atoms with Gasteiger partial charge >= 0.3 is 6.09 Å². The van der Waals surface area contributed by atoms with Crippen molar-refractivity contribution in [3.63, 3.8) is 0 Å². The number of carbonyl (C=O) groups excluding carboxylic acids is 3. The Morgan fingerprint density at radius 2 is 1.62 bits per heavy atom. The highest BCUT2D eigenvalue weighted by atomic mass is 16.6. The zero-order chi connectivity index (χ0) is 28.8. The summed E-state index contributed by atoms with van der Waals surface area (Å²) in [5.74, 6) is -0.0587. The van der Waals surface area contributed by atoms with Crippen molar-refractivity contribution in [2.24, 2.45) is 5.41 Å². The first kappa shape index (κ1) is 29.5. The molecule has 206 valence electrons. The predicted octanol–water partition coefficient (Wildman–Crippen LogP) is 6.16. The quantitative estimate of drug-likeness (QED) is 0.318. The van der Waals surface area contributed by atoms with Crippen molar-refractivity contribution in [3.05, 3.63) is 71.6 Å². The van der Waals surface area contributed by atoms with E-state index in [4.69, 9.17) is 9.72 Å². The van der Waals surface area contributed by atoms with E-state index >= 15 is 0 Å². The van der Waals surface area contributed by atoms with Crippen molar-refractivity contribution in [2.45, 2.75) is 53.6 Å². The van der Waals surface area contributed by atoms with Gasteiger partial charge in [-0.3, -0.25) is 9.78 Å². The number of nitrogens with zero attached hydrogens (tertiary/aromatic N) is 3. The van der Waals surface area contributed by atoms with Crippen molar-refractivity contribution >= 4 is 40.5 Å². The molecule has 8 heteroatoms. The summed E-state index contributed by atoms with van der Waals surface area (Å²) >= 11 is 0. The summed E-state index contributed by atoms with van der Waals surface area (Å²) in [6, 6.07) is 12.8. The number of benzene rings is 2. The Balaban J connectivity index is 0.000000631. The SMILES string of the molecule is CC(C)(C)C=O.CNc1ccc(C(=O)c2ccc3ncc(C4=CCN(C(=O)OC(C)(C)C)CC4)nc3c2)cc1. The van der Waals surface area contributed by atoms with Gasteiger partial charge in [0.15, 0.2) is 5.78 Å². The van der Waals surface area contributed by atoms with E-state index in [1.807, 2.05) is 85.0 Å². The molecule has 0 aliphatic carbocycles. The monoisotopic (exact) mass is 530 g/mol. The van der Waals surface area contributed by atoms with Crippen LogP contribution in [0, 0.1) is 5.41 Å². The summed E-state index contributed by atoms with van der Waals surface area (Å²) in [6.07, 6.45) is 5.02. The summed E-state index contributed by atoms with van der Waals surface area (Å²) in [7, 11) is 1.84. The topological polar surface area (TPSA) is 101 Å². The first-order valence-electron chi connectivity index (χ1n) is 13.0. The van der Waals surface area contributed by atoms with Crippen molar-refractivity contribution in [2.75, 3.05) is 25.5 Å². The third kappa shape index (κ3) is 8.46. The highest BCUT2D eigenvalue weighted by molar-refractivity contribution is 6.10. The van der Waals surface area contributed by atoms with Crippen LogP contribution in [0.4, 0.5) is 10.5 Å². The second-order valence-corrected chi connectivity index (χ2v) is 11.5. The highest BCUT2D eigenvalue weighted by Crippen LogP contribution is 2.24. The zero-order valence-corrected chi connectivity index (χ0v) is 23.9. The van der Waals surface area contributed by atoms with Crippen molar-refractivity contribution in [1.82, 2.24) is 14.9 Å². The van der Waals surface area contributed by atoms with E-state index in [2.05, 4.69) is 10.3 Å². The fourth-order valence-corrected chi connectivity index (χ4v) is 3.66. The van der Waals surface area contributed by atoms with Crippen LogP contribution in [0.3, 0.4) is 0 Å². The number of nitrogens with one attached hydrogen (secondary N) is 1. The van der Waals surface area contributed by atoms with Crippen LogP contribution < -0.4 is 5.32 Å². The number of anilines is 1. The first-order chi connectivity index (χ1) is 18.3. The maximum Gasteiger partial charge on any atom is 0.410 e. The number of rotatable bonds is 4. The number of aromatic nitrogens is 2. The van der Waals surface area contributed by atoms with Crippen LogP contribution in [0.25, 0.3) is 16.6 Å². The largest absolute Gasteiger partial charge is 0.444 e. The molecule has 0 unspecified atom stereocenters. The van der Waals surface area contributed by atoms with E-state index in [0.717, 1.165) is 28.8 Å². The van der Waals surface area contributed by atoms with E-state index in [9.17, 15) is 14.4 Å². The van der Waals surface area contributed by atoms with Gasteiger partial charge < -0.3 is 19.7 Å². The summed E-state index contributed by atoms with van der Waals surface area (Å²) in [5.41, 5.74) is 4.67. The first-order valence-corrected chi connectivity index (χ1v) is 13.0. The van der Waals surface area contributed by atoms with Crippen LogP contribution in [0.5, 0.6) is 0 Å². The van der Waals surface area contributed by atoms with Crippen LogP contribution in [0.15, 0.2) is 54.7 Å². The fourth-order valence-electron chi connectivity index (χ4n) is 3.66. The van der Waals surface area contributed by atoms with E-state index in [-0.39, 0.29) is 17.3 Å². The molecule has 3 aromatic rings. The summed E-state index contributed by atoms with van der Waals surface area (Å²) in [4.78, 5) is 46.0. The molecule has 0 radical (unpaired) electrons. The maximum absolute atomic E-state index is 12.9. The molecule has 8 nitrogen and oxygen atoms in total. The molecule has 0 saturated carbocycles. The number of aldehydes is 1. The number of ketones is 1. The van der Waals surface area contributed by atoms with Gasteiger partial charge in [0.1, 0.15) is 11.9 Å². The molecule has 1 aromatic heterocycles. The molecule has 0 bridgehead atoms. The molecule has 0 fully saturated rings. The number of hydrogen-bond acceptors (Lipinski definition) is 7. The van der Waals surface area contributed by atoms with Crippen LogP contribution in [-0.2, 0) is 9.53 Å². The smallest absolute Gasteiger partial charge is 0.410 e. The van der Waals surface area contributed by atoms with Crippen LogP contribution in [-0.4, -0.2) is 58.8 Å². The number of ether oxygens (including phenoxy) is 1. The van der Waals surface area contributed by atoms with Crippen LogP contribution in [0.2, 0.25) is 0 Å². The Morgan fingerprint density at radius 3 is 2.15 bits per heavy atom. The van der Waals surface area contributed by atoms with E-state index in [1.54, 1.807) is 23.2 Å². The maximum atomic E-state index is 12.9. The second kappa shape index (κ2) is 12.2. The lowest BCUT2D eigenvalue weighted by atomic mass is 10.0. The number of carbonyl (C=O) groups is 3.